The molecule has 150 valence electrons. The summed E-state index contributed by atoms with van der Waals surface area (Å²) >= 11 is 0. The highest BCUT2D eigenvalue weighted by Crippen LogP contribution is 2.16. The number of nitrogens with one attached hydrogen (secondary N) is 1. The SMILES string of the molecule is C=CC(C#Cc1cccc(F)c1)=CC=C(C(=O)NCCC(C)(C)O)C(C)CC. The molecule has 0 saturated carbocycles. The topological polar surface area (TPSA) is 49.3 Å². The molecule has 1 rings (SSSR count). The molecule has 3 nitrogen and oxygen atoms in total. The van der Waals surface area contributed by atoms with Gasteiger partial charge in [0.25, 0.3) is 0 Å². The second-order valence-electron chi connectivity index (χ2n) is 7.34. The number of hydrogen-bond acceptors (Lipinski definition) is 2. The number of halogens is 1. The van der Waals surface area contributed by atoms with E-state index in [1.807, 2.05) is 13.8 Å². The molecule has 0 saturated heterocycles. The molecule has 0 spiro atoms. The molecule has 0 aromatic heterocycles. The predicted molar refractivity (Wildman–Crippen MR) is 113 cm³/mol. The highest BCUT2D eigenvalue weighted by atomic mass is 19.1. The lowest BCUT2D eigenvalue weighted by atomic mass is 9.96. The highest BCUT2D eigenvalue weighted by Gasteiger charge is 2.17. The van der Waals surface area contributed by atoms with Crippen LogP contribution in [0.2, 0.25) is 0 Å². The Kier molecular flexibility index (Phi) is 9.41. The second kappa shape index (κ2) is 11.3. The Hall–Kier alpha value is -2.64. The summed E-state index contributed by atoms with van der Waals surface area (Å²) in [5.41, 5.74) is 1.03. The van der Waals surface area contributed by atoms with E-state index >= 15 is 0 Å². The van der Waals surface area contributed by atoms with Crippen LogP contribution in [-0.4, -0.2) is 23.2 Å². The molecule has 4 heteroatoms. The summed E-state index contributed by atoms with van der Waals surface area (Å²) in [6.07, 6.45) is 6.39. The van der Waals surface area contributed by atoms with E-state index in [4.69, 9.17) is 0 Å². The quantitative estimate of drug-likeness (QED) is 0.393. The van der Waals surface area contributed by atoms with Gasteiger partial charge in [-0.1, -0.05) is 50.5 Å². The van der Waals surface area contributed by atoms with E-state index in [-0.39, 0.29) is 17.6 Å². The van der Waals surface area contributed by atoms with E-state index < -0.39 is 5.60 Å². The van der Waals surface area contributed by atoms with Gasteiger partial charge in [-0.25, -0.2) is 4.39 Å². The smallest absolute Gasteiger partial charge is 0.247 e. The van der Waals surface area contributed by atoms with Gasteiger partial charge in [0.05, 0.1) is 5.60 Å². The fourth-order valence-corrected chi connectivity index (χ4v) is 2.32. The number of allylic oxidation sites excluding steroid dienone is 4. The second-order valence-corrected chi connectivity index (χ2v) is 7.34. The Bertz CT molecular complexity index is 804. The lowest BCUT2D eigenvalue weighted by Crippen LogP contribution is -2.32. The van der Waals surface area contributed by atoms with Gasteiger partial charge in [-0.2, -0.15) is 0 Å². The van der Waals surface area contributed by atoms with Crippen LogP contribution >= 0.6 is 0 Å². The molecule has 2 N–H and O–H groups in total. The Morgan fingerprint density at radius 1 is 1.39 bits per heavy atom. The first-order valence-corrected chi connectivity index (χ1v) is 9.48. The van der Waals surface area contributed by atoms with E-state index in [0.717, 1.165) is 6.42 Å². The van der Waals surface area contributed by atoms with Crippen LogP contribution in [-0.2, 0) is 4.79 Å². The number of hydrogen-bond donors (Lipinski definition) is 2. The van der Waals surface area contributed by atoms with E-state index in [2.05, 4.69) is 23.7 Å². The van der Waals surface area contributed by atoms with E-state index in [9.17, 15) is 14.3 Å². The molecular weight excluding hydrogens is 353 g/mol. The maximum atomic E-state index is 13.2. The summed E-state index contributed by atoms with van der Waals surface area (Å²) in [6.45, 7) is 11.6. The summed E-state index contributed by atoms with van der Waals surface area (Å²) in [5, 5.41) is 12.6. The van der Waals surface area contributed by atoms with Crippen molar-refractivity contribution in [1.82, 2.24) is 5.32 Å². The maximum Gasteiger partial charge on any atom is 0.247 e. The van der Waals surface area contributed by atoms with Gasteiger partial charge >= 0.3 is 0 Å². The molecule has 1 aromatic rings. The predicted octanol–water partition coefficient (Wildman–Crippen LogP) is 4.54. The van der Waals surface area contributed by atoms with E-state index in [1.54, 1.807) is 44.2 Å². The third-order valence-electron chi connectivity index (χ3n) is 4.27. The Balaban J connectivity index is 2.99. The molecular formula is C24H30FNO2. The van der Waals surface area contributed by atoms with Crippen LogP contribution in [0, 0.1) is 23.6 Å². The molecule has 1 aromatic carbocycles. The van der Waals surface area contributed by atoms with Crippen molar-refractivity contribution in [2.75, 3.05) is 6.54 Å². The van der Waals surface area contributed by atoms with Crippen LogP contribution in [0.5, 0.6) is 0 Å². The number of carbonyl (C=O) groups is 1. The number of amides is 1. The molecule has 0 radical (unpaired) electrons. The first-order chi connectivity index (χ1) is 13.2. The van der Waals surface area contributed by atoms with Crippen molar-refractivity contribution in [2.45, 2.75) is 46.1 Å². The third kappa shape index (κ3) is 8.83. The molecule has 0 bridgehead atoms. The Labute approximate surface area is 168 Å². The van der Waals surface area contributed by atoms with Gasteiger partial charge < -0.3 is 10.4 Å². The number of aliphatic hydroxyl groups is 1. The number of carbonyl (C=O) groups excluding carboxylic acids is 1. The summed E-state index contributed by atoms with van der Waals surface area (Å²) in [4.78, 5) is 12.6. The van der Waals surface area contributed by atoms with Crippen LogP contribution in [0.25, 0.3) is 0 Å². The van der Waals surface area contributed by atoms with Crippen LogP contribution in [0.4, 0.5) is 4.39 Å². The summed E-state index contributed by atoms with van der Waals surface area (Å²) in [5.74, 6) is 5.42. The van der Waals surface area contributed by atoms with Crippen molar-refractivity contribution in [3.8, 4) is 11.8 Å². The van der Waals surface area contributed by atoms with Gasteiger partial charge in [0.2, 0.25) is 5.91 Å². The van der Waals surface area contributed by atoms with Crippen molar-refractivity contribution in [2.24, 2.45) is 5.92 Å². The first kappa shape index (κ1) is 23.4. The average molecular weight is 384 g/mol. The Morgan fingerprint density at radius 3 is 2.68 bits per heavy atom. The number of rotatable bonds is 8. The van der Waals surface area contributed by atoms with Crippen molar-refractivity contribution in [3.05, 3.63) is 71.6 Å². The molecule has 0 aliphatic heterocycles. The molecule has 1 atom stereocenters. The Morgan fingerprint density at radius 2 is 2.11 bits per heavy atom. The van der Waals surface area contributed by atoms with Gasteiger partial charge in [-0.05, 0) is 56.9 Å². The van der Waals surface area contributed by atoms with Crippen LogP contribution < -0.4 is 5.32 Å². The van der Waals surface area contributed by atoms with E-state index in [1.165, 1.54) is 12.1 Å². The van der Waals surface area contributed by atoms with Crippen molar-refractivity contribution >= 4 is 5.91 Å². The molecule has 0 fully saturated rings. The normalized spacial score (nSPS) is 13.4. The lowest BCUT2D eigenvalue weighted by Gasteiger charge is -2.18. The molecule has 0 aliphatic rings. The zero-order valence-corrected chi connectivity index (χ0v) is 17.2. The third-order valence-corrected chi connectivity index (χ3v) is 4.27. The first-order valence-electron chi connectivity index (χ1n) is 9.48. The van der Waals surface area contributed by atoms with Gasteiger partial charge in [0.15, 0.2) is 0 Å². The van der Waals surface area contributed by atoms with Crippen LogP contribution in [0.15, 0.2) is 60.2 Å². The van der Waals surface area contributed by atoms with Crippen LogP contribution in [0.1, 0.15) is 46.1 Å². The minimum atomic E-state index is -0.823. The maximum absolute atomic E-state index is 13.2. The van der Waals surface area contributed by atoms with E-state index in [0.29, 0.717) is 29.7 Å². The molecule has 28 heavy (non-hydrogen) atoms. The van der Waals surface area contributed by atoms with Gasteiger partial charge in [0, 0.05) is 23.3 Å². The largest absolute Gasteiger partial charge is 0.390 e. The minimum Gasteiger partial charge on any atom is -0.390 e. The zero-order chi connectivity index (χ0) is 21.2. The summed E-state index contributed by atoms with van der Waals surface area (Å²) < 4.78 is 13.2. The van der Waals surface area contributed by atoms with Crippen molar-refractivity contribution < 1.29 is 14.3 Å². The van der Waals surface area contributed by atoms with Crippen LogP contribution in [0.3, 0.4) is 0 Å². The summed E-state index contributed by atoms with van der Waals surface area (Å²) in [7, 11) is 0. The fourth-order valence-electron chi connectivity index (χ4n) is 2.32. The zero-order valence-electron chi connectivity index (χ0n) is 17.2. The van der Waals surface area contributed by atoms with Gasteiger partial charge in [-0.3, -0.25) is 4.79 Å². The fraction of sp³-hybridized carbons (Fsp3) is 0.375. The molecule has 1 amide bonds. The monoisotopic (exact) mass is 383 g/mol. The molecule has 0 aliphatic carbocycles. The minimum absolute atomic E-state index is 0.0700. The highest BCUT2D eigenvalue weighted by molar-refractivity contribution is 5.94. The number of benzene rings is 1. The van der Waals surface area contributed by atoms with Crippen molar-refractivity contribution in [3.63, 3.8) is 0 Å². The van der Waals surface area contributed by atoms with Gasteiger partial charge in [0.1, 0.15) is 5.82 Å². The van der Waals surface area contributed by atoms with Crippen molar-refractivity contribution in [1.29, 1.82) is 0 Å². The standard InChI is InChI=1S/C24H30FNO2/c1-6-18(3)22(23(27)26-16-15-24(4,5)28)14-13-19(7-2)11-12-20-9-8-10-21(25)17-20/h7-10,13-14,17-18,28H,2,6,15-16H2,1,3-5H3,(H,26,27). The average Bonchev–Trinajstić information content (AvgIpc) is 2.63. The van der Waals surface area contributed by atoms with Gasteiger partial charge in [-0.15, -0.1) is 0 Å². The lowest BCUT2D eigenvalue weighted by molar-refractivity contribution is -0.118. The molecule has 0 heterocycles. The molecule has 1 unspecified atom stereocenters. The summed E-state index contributed by atoms with van der Waals surface area (Å²) in [6, 6.07) is 6.07.